The van der Waals surface area contributed by atoms with Gasteiger partial charge in [0.1, 0.15) is 5.69 Å². The summed E-state index contributed by atoms with van der Waals surface area (Å²) in [4.78, 5) is 3.49. The van der Waals surface area contributed by atoms with Crippen LogP contribution in [0, 0.1) is 11.3 Å². The number of aromatic nitrogens is 1. The SMILES string of the molecule is N#CCc1cnc(C(F)F)c(Cl)c1Br. The minimum Gasteiger partial charge on any atom is -0.253 e. The fourth-order valence-electron chi connectivity index (χ4n) is 0.875. The maximum Gasteiger partial charge on any atom is 0.281 e. The predicted octanol–water partition coefficient (Wildman–Crippen LogP) is 3.50. The van der Waals surface area contributed by atoms with E-state index >= 15 is 0 Å². The molecular weight excluding hydrogens is 277 g/mol. The van der Waals surface area contributed by atoms with Crippen molar-refractivity contribution in [2.75, 3.05) is 0 Å². The molecule has 0 spiro atoms. The van der Waals surface area contributed by atoms with Gasteiger partial charge in [0.2, 0.25) is 0 Å². The summed E-state index contributed by atoms with van der Waals surface area (Å²) in [6.07, 6.45) is -1.41. The molecule has 0 aliphatic rings. The second-order valence-corrected chi connectivity index (χ2v) is 3.60. The first-order chi connectivity index (χ1) is 6.57. The van der Waals surface area contributed by atoms with E-state index in [0.29, 0.717) is 10.0 Å². The Morgan fingerprint density at radius 1 is 1.64 bits per heavy atom. The van der Waals surface area contributed by atoms with E-state index in [-0.39, 0.29) is 11.4 Å². The van der Waals surface area contributed by atoms with Crippen LogP contribution in [0.15, 0.2) is 10.7 Å². The van der Waals surface area contributed by atoms with Gasteiger partial charge in [-0.15, -0.1) is 0 Å². The van der Waals surface area contributed by atoms with Crippen molar-refractivity contribution in [2.45, 2.75) is 12.8 Å². The number of nitrogens with zero attached hydrogens (tertiary/aromatic N) is 2. The van der Waals surface area contributed by atoms with E-state index in [1.807, 2.05) is 6.07 Å². The van der Waals surface area contributed by atoms with Crippen molar-refractivity contribution in [1.29, 1.82) is 5.26 Å². The van der Waals surface area contributed by atoms with Crippen LogP contribution in [0.1, 0.15) is 17.7 Å². The van der Waals surface area contributed by atoms with Crippen LogP contribution in [-0.2, 0) is 6.42 Å². The summed E-state index contributed by atoms with van der Waals surface area (Å²) < 4.78 is 24.9. The number of rotatable bonds is 2. The first-order valence-electron chi connectivity index (χ1n) is 3.55. The summed E-state index contributed by atoms with van der Waals surface area (Å²) in [5.74, 6) is 0. The van der Waals surface area contributed by atoms with Crippen LogP contribution < -0.4 is 0 Å². The van der Waals surface area contributed by atoms with E-state index in [2.05, 4.69) is 20.9 Å². The Hall–Kier alpha value is -0.730. The molecule has 14 heavy (non-hydrogen) atoms. The zero-order valence-electron chi connectivity index (χ0n) is 6.77. The fraction of sp³-hybridized carbons (Fsp3) is 0.250. The van der Waals surface area contributed by atoms with Crippen molar-refractivity contribution in [2.24, 2.45) is 0 Å². The van der Waals surface area contributed by atoms with Crippen LogP contribution in [0.25, 0.3) is 0 Å². The molecule has 0 bridgehead atoms. The molecular formula is C8H4BrClF2N2. The Bertz CT molecular complexity index is 390. The number of hydrogen-bond acceptors (Lipinski definition) is 2. The molecule has 0 aliphatic carbocycles. The summed E-state index contributed by atoms with van der Waals surface area (Å²) in [6.45, 7) is 0. The van der Waals surface area contributed by atoms with Crippen molar-refractivity contribution >= 4 is 27.5 Å². The van der Waals surface area contributed by atoms with Gasteiger partial charge in [0, 0.05) is 16.2 Å². The van der Waals surface area contributed by atoms with Crippen LogP contribution in [0.5, 0.6) is 0 Å². The summed E-state index contributed by atoms with van der Waals surface area (Å²) in [6, 6.07) is 1.88. The van der Waals surface area contributed by atoms with Gasteiger partial charge >= 0.3 is 0 Å². The van der Waals surface area contributed by atoms with Crippen LogP contribution in [0.4, 0.5) is 8.78 Å². The average molecular weight is 281 g/mol. The predicted molar refractivity (Wildman–Crippen MR) is 51.2 cm³/mol. The van der Waals surface area contributed by atoms with Crippen LogP contribution in [0.2, 0.25) is 5.02 Å². The van der Waals surface area contributed by atoms with Crippen molar-refractivity contribution in [1.82, 2.24) is 4.98 Å². The third kappa shape index (κ3) is 2.20. The van der Waals surface area contributed by atoms with Gasteiger partial charge in [-0.25, -0.2) is 8.78 Å². The molecule has 2 nitrogen and oxygen atoms in total. The van der Waals surface area contributed by atoms with Gasteiger partial charge in [0.05, 0.1) is 17.5 Å². The summed E-state index contributed by atoms with van der Waals surface area (Å²) in [5.41, 5.74) is 0.0298. The quantitative estimate of drug-likeness (QED) is 0.832. The monoisotopic (exact) mass is 280 g/mol. The molecule has 0 amide bonds. The molecule has 0 unspecified atom stereocenters. The van der Waals surface area contributed by atoms with Crippen LogP contribution >= 0.6 is 27.5 Å². The molecule has 0 N–H and O–H groups in total. The molecule has 0 radical (unpaired) electrons. The van der Waals surface area contributed by atoms with E-state index in [1.54, 1.807) is 0 Å². The Morgan fingerprint density at radius 2 is 2.29 bits per heavy atom. The average Bonchev–Trinajstić information content (AvgIpc) is 2.13. The molecule has 0 aliphatic heterocycles. The van der Waals surface area contributed by atoms with E-state index in [4.69, 9.17) is 16.9 Å². The molecule has 0 fully saturated rings. The number of alkyl halides is 2. The summed E-state index contributed by atoms with van der Waals surface area (Å²) in [7, 11) is 0. The minimum absolute atomic E-state index is 0.0802. The third-order valence-corrected chi connectivity index (χ3v) is 3.05. The lowest BCUT2D eigenvalue weighted by molar-refractivity contribution is 0.146. The molecule has 0 aromatic carbocycles. The highest BCUT2D eigenvalue weighted by Gasteiger charge is 2.17. The third-order valence-electron chi connectivity index (χ3n) is 1.54. The van der Waals surface area contributed by atoms with Gasteiger partial charge in [-0.2, -0.15) is 5.26 Å². The van der Waals surface area contributed by atoms with Gasteiger partial charge in [0.15, 0.2) is 0 Å². The van der Waals surface area contributed by atoms with Gasteiger partial charge in [-0.1, -0.05) is 11.6 Å². The largest absolute Gasteiger partial charge is 0.281 e. The van der Waals surface area contributed by atoms with E-state index in [0.717, 1.165) is 0 Å². The van der Waals surface area contributed by atoms with Gasteiger partial charge in [-0.3, -0.25) is 4.98 Å². The van der Waals surface area contributed by atoms with Crippen molar-refractivity contribution in [3.8, 4) is 6.07 Å². The first kappa shape index (κ1) is 11.3. The lowest BCUT2D eigenvalue weighted by atomic mass is 10.2. The van der Waals surface area contributed by atoms with Crippen molar-refractivity contribution in [3.63, 3.8) is 0 Å². The first-order valence-corrected chi connectivity index (χ1v) is 4.73. The molecule has 1 rings (SSSR count). The standard InChI is InChI=1S/C8H4BrClF2N2/c9-5-4(1-2-13)3-14-7(6(5)10)8(11)12/h3,8H,1H2. The van der Waals surface area contributed by atoms with Gasteiger partial charge in [0.25, 0.3) is 6.43 Å². The van der Waals surface area contributed by atoms with Crippen molar-refractivity contribution in [3.05, 3.63) is 26.9 Å². The number of nitriles is 1. The molecule has 1 aromatic rings. The number of halogens is 4. The molecule has 0 saturated heterocycles. The highest BCUT2D eigenvalue weighted by molar-refractivity contribution is 9.10. The molecule has 0 saturated carbocycles. The van der Waals surface area contributed by atoms with Gasteiger partial charge < -0.3 is 0 Å². The van der Waals surface area contributed by atoms with Crippen LogP contribution in [0.3, 0.4) is 0 Å². The lowest BCUT2D eigenvalue weighted by Crippen LogP contribution is -1.96. The Labute approximate surface area is 92.6 Å². The second-order valence-electron chi connectivity index (χ2n) is 2.43. The smallest absolute Gasteiger partial charge is 0.253 e. The fourth-order valence-corrected chi connectivity index (χ4v) is 1.57. The number of hydrogen-bond donors (Lipinski definition) is 0. The zero-order valence-corrected chi connectivity index (χ0v) is 9.11. The molecule has 1 heterocycles. The summed E-state index contributed by atoms with van der Waals surface area (Å²) in [5, 5.41) is 8.29. The lowest BCUT2D eigenvalue weighted by Gasteiger charge is -2.06. The van der Waals surface area contributed by atoms with E-state index < -0.39 is 12.1 Å². The van der Waals surface area contributed by atoms with Crippen molar-refractivity contribution < 1.29 is 8.78 Å². The Balaban J connectivity index is 3.20. The Kier molecular flexibility index (Phi) is 3.78. The molecule has 74 valence electrons. The normalized spacial score (nSPS) is 10.3. The van der Waals surface area contributed by atoms with E-state index in [9.17, 15) is 8.78 Å². The molecule has 1 aromatic heterocycles. The highest BCUT2D eigenvalue weighted by Crippen LogP contribution is 2.33. The Morgan fingerprint density at radius 3 is 2.79 bits per heavy atom. The van der Waals surface area contributed by atoms with Crippen LogP contribution in [-0.4, -0.2) is 4.98 Å². The van der Waals surface area contributed by atoms with E-state index in [1.165, 1.54) is 6.20 Å². The minimum atomic E-state index is -2.71. The number of pyridine rings is 1. The maximum absolute atomic E-state index is 12.3. The topological polar surface area (TPSA) is 36.7 Å². The van der Waals surface area contributed by atoms with Gasteiger partial charge in [-0.05, 0) is 15.9 Å². The molecule has 0 atom stereocenters. The molecule has 6 heteroatoms. The maximum atomic E-state index is 12.3. The summed E-state index contributed by atoms with van der Waals surface area (Å²) >= 11 is 8.67. The second kappa shape index (κ2) is 4.67. The zero-order chi connectivity index (χ0) is 10.7. The highest BCUT2D eigenvalue weighted by atomic mass is 79.9.